The van der Waals surface area contributed by atoms with Crippen LogP contribution in [0.25, 0.3) is 0 Å². The van der Waals surface area contributed by atoms with E-state index in [1.807, 2.05) is 35.2 Å². The second kappa shape index (κ2) is 12.6. The Morgan fingerprint density at radius 2 is 1.82 bits per heavy atom. The first-order valence-electron chi connectivity index (χ1n) is 13.6. The highest BCUT2D eigenvalue weighted by atomic mass is 16.5. The third-order valence-electron chi connectivity index (χ3n) is 7.56. The topological polar surface area (TPSA) is 129 Å². The van der Waals surface area contributed by atoms with E-state index in [2.05, 4.69) is 10.2 Å². The van der Waals surface area contributed by atoms with Gasteiger partial charge in [0.2, 0.25) is 11.8 Å². The van der Waals surface area contributed by atoms with E-state index in [9.17, 15) is 24.3 Å². The Hall–Kier alpha value is -3.80. The molecule has 11 nitrogen and oxygen atoms in total. The molecule has 0 radical (unpaired) electrons. The van der Waals surface area contributed by atoms with E-state index in [4.69, 9.17) is 9.47 Å². The van der Waals surface area contributed by atoms with Gasteiger partial charge in [-0.2, -0.15) is 0 Å². The van der Waals surface area contributed by atoms with E-state index in [0.29, 0.717) is 50.6 Å². The number of imide groups is 1. The molecule has 2 aromatic rings. The van der Waals surface area contributed by atoms with Crippen molar-refractivity contribution < 1.29 is 33.8 Å². The van der Waals surface area contributed by atoms with Crippen LogP contribution in [0.5, 0.6) is 5.75 Å². The molecule has 212 valence electrons. The van der Waals surface area contributed by atoms with Crippen LogP contribution in [0.1, 0.15) is 39.9 Å². The lowest BCUT2D eigenvalue weighted by molar-refractivity contribution is -0.139. The molecule has 0 aliphatic carbocycles. The number of benzene rings is 2. The van der Waals surface area contributed by atoms with Crippen LogP contribution in [0.4, 0.5) is 0 Å². The van der Waals surface area contributed by atoms with Crippen LogP contribution < -0.4 is 10.1 Å². The number of carbonyl (C=O) groups is 4. The summed E-state index contributed by atoms with van der Waals surface area (Å²) in [5.74, 6) is -1.26. The molecule has 3 aliphatic heterocycles. The molecule has 2 aromatic carbocycles. The molecular weight excluding hydrogens is 516 g/mol. The first-order chi connectivity index (χ1) is 19.4. The minimum Gasteiger partial charge on any atom is -0.489 e. The van der Waals surface area contributed by atoms with E-state index in [1.54, 1.807) is 12.1 Å². The molecule has 0 bridgehead atoms. The second-order valence-corrected chi connectivity index (χ2v) is 10.3. The van der Waals surface area contributed by atoms with E-state index in [-0.39, 0.29) is 31.3 Å². The fraction of sp³-hybridized carbons (Fsp3) is 0.448. The van der Waals surface area contributed by atoms with Crippen molar-refractivity contribution in [3.8, 4) is 5.75 Å². The molecule has 3 aliphatic rings. The van der Waals surface area contributed by atoms with Gasteiger partial charge < -0.3 is 19.5 Å². The summed E-state index contributed by atoms with van der Waals surface area (Å²) in [4.78, 5) is 54.1. The van der Waals surface area contributed by atoms with Gasteiger partial charge in [0.15, 0.2) is 0 Å². The maximum atomic E-state index is 13.0. The number of carbonyl (C=O) groups excluding carboxylic acids is 3. The maximum absolute atomic E-state index is 13.0. The van der Waals surface area contributed by atoms with Gasteiger partial charge in [-0.15, -0.1) is 0 Å². The zero-order valence-electron chi connectivity index (χ0n) is 22.3. The molecule has 0 aromatic heterocycles. The summed E-state index contributed by atoms with van der Waals surface area (Å²) in [6, 6.07) is 12.5. The largest absolute Gasteiger partial charge is 0.489 e. The van der Waals surface area contributed by atoms with Gasteiger partial charge in [-0.05, 0) is 29.7 Å². The minimum absolute atomic E-state index is 0.0249. The van der Waals surface area contributed by atoms with E-state index >= 15 is 0 Å². The SMILES string of the molecule is O=C(O)CN(CCN1CCOCC1)Cc1ccc(COc2cccc3c2CN(C2CCC(=O)NC2=O)C3=O)cc1. The zero-order valence-corrected chi connectivity index (χ0v) is 22.3. The zero-order chi connectivity index (χ0) is 28.1. The first-order valence-corrected chi connectivity index (χ1v) is 13.6. The summed E-state index contributed by atoms with van der Waals surface area (Å²) in [6.45, 7) is 5.65. The predicted octanol–water partition coefficient (Wildman–Crippen LogP) is 1.25. The highest BCUT2D eigenvalue weighted by molar-refractivity contribution is 6.05. The molecule has 0 spiro atoms. The Balaban J connectivity index is 1.18. The number of morpholine rings is 1. The normalized spacial score (nSPS) is 19.6. The first kappa shape index (κ1) is 27.8. The molecule has 1 unspecified atom stereocenters. The summed E-state index contributed by atoms with van der Waals surface area (Å²) in [5, 5.41) is 11.7. The van der Waals surface area contributed by atoms with Crippen molar-refractivity contribution in [2.24, 2.45) is 0 Å². The van der Waals surface area contributed by atoms with Gasteiger partial charge in [-0.1, -0.05) is 30.3 Å². The second-order valence-electron chi connectivity index (χ2n) is 10.3. The molecule has 2 saturated heterocycles. The highest BCUT2D eigenvalue weighted by Crippen LogP contribution is 2.34. The Morgan fingerprint density at radius 3 is 2.55 bits per heavy atom. The summed E-state index contributed by atoms with van der Waals surface area (Å²) in [7, 11) is 0. The predicted molar refractivity (Wildman–Crippen MR) is 143 cm³/mol. The van der Waals surface area contributed by atoms with Crippen molar-refractivity contribution in [1.29, 1.82) is 0 Å². The minimum atomic E-state index is -0.850. The lowest BCUT2D eigenvalue weighted by Crippen LogP contribution is -2.52. The van der Waals surface area contributed by atoms with Crippen LogP contribution in [0.2, 0.25) is 0 Å². The maximum Gasteiger partial charge on any atom is 0.317 e. The third-order valence-corrected chi connectivity index (χ3v) is 7.56. The quantitative estimate of drug-likeness (QED) is 0.397. The molecular formula is C29H34N4O7. The lowest BCUT2D eigenvalue weighted by atomic mass is 10.0. The number of carboxylic acids is 1. The Bertz CT molecular complexity index is 1260. The van der Waals surface area contributed by atoms with Crippen LogP contribution in [0.15, 0.2) is 42.5 Å². The van der Waals surface area contributed by atoms with Gasteiger partial charge in [-0.3, -0.25) is 34.3 Å². The van der Waals surface area contributed by atoms with Gasteiger partial charge in [-0.25, -0.2) is 0 Å². The average Bonchev–Trinajstić information content (AvgIpc) is 3.28. The number of hydrogen-bond donors (Lipinski definition) is 2. The summed E-state index contributed by atoms with van der Waals surface area (Å²) >= 11 is 0. The summed E-state index contributed by atoms with van der Waals surface area (Å²) in [5.41, 5.74) is 3.19. The number of carboxylic acid groups (broad SMARTS) is 1. The van der Waals surface area contributed by atoms with E-state index in [0.717, 1.165) is 36.3 Å². The molecule has 5 rings (SSSR count). The number of hydrogen-bond acceptors (Lipinski definition) is 8. The number of nitrogens with zero attached hydrogens (tertiary/aromatic N) is 3. The van der Waals surface area contributed by atoms with Gasteiger partial charge in [0, 0.05) is 50.3 Å². The molecule has 3 amide bonds. The van der Waals surface area contributed by atoms with Crippen molar-refractivity contribution in [3.05, 3.63) is 64.7 Å². The number of ether oxygens (including phenoxy) is 2. The Kier molecular flexibility index (Phi) is 8.73. The van der Waals surface area contributed by atoms with Gasteiger partial charge in [0.05, 0.1) is 26.3 Å². The number of rotatable bonds is 11. The molecule has 11 heteroatoms. The molecule has 0 saturated carbocycles. The van der Waals surface area contributed by atoms with Crippen molar-refractivity contribution in [3.63, 3.8) is 0 Å². The monoisotopic (exact) mass is 550 g/mol. The van der Waals surface area contributed by atoms with Gasteiger partial charge in [0.25, 0.3) is 5.91 Å². The molecule has 2 N–H and O–H groups in total. The van der Waals surface area contributed by atoms with Gasteiger partial charge >= 0.3 is 5.97 Å². The Morgan fingerprint density at radius 1 is 1.07 bits per heavy atom. The van der Waals surface area contributed by atoms with Crippen molar-refractivity contribution >= 4 is 23.7 Å². The Labute approximate surface area is 232 Å². The highest BCUT2D eigenvalue weighted by Gasteiger charge is 2.40. The molecule has 3 heterocycles. The lowest BCUT2D eigenvalue weighted by Gasteiger charge is -2.29. The van der Waals surface area contributed by atoms with Crippen LogP contribution in [-0.4, -0.2) is 95.5 Å². The van der Waals surface area contributed by atoms with E-state index < -0.39 is 17.9 Å². The summed E-state index contributed by atoms with van der Waals surface area (Å²) in [6.07, 6.45) is 0.516. The fourth-order valence-corrected chi connectivity index (χ4v) is 5.37. The average molecular weight is 551 g/mol. The standard InChI is InChI=1S/C29H34N4O7/c34-26-9-8-24(28(37)30-26)33-17-23-22(29(33)38)2-1-3-25(23)40-19-21-6-4-20(5-7-21)16-32(18-27(35)36)11-10-31-12-14-39-15-13-31/h1-7,24H,8-19H2,(H,35,36)(H,30,34,37). The number of fused-ring (bicyclic) bond motifs is 1. The van der Waals surface area contributed by atoms with E-state index in [1.165, 1.54) is 4.90 Å². The van der Waals surface area contributed by atoms with Crippen LogP contribution in [0.3, 0.4) is 0 Å². The van der Waals surface area contributed by atoms with Gasteiger partial charge in [0.1, 0.15) is 18.4 Å². The fourth-order valence-electron chi connectivity index (χ4n) is 5.37. The smallest absolute Gasteiger partial charge is 0.317 e. The van der Waals surface area contributed by atoms with Crippen molar-refractivity contribution in [2.45, 2.75) is 38.6 Å². The molecule has 40 heavy (non-hydrogen) atoms. The van der Waals surface area contributed by atoms with Crippen LogP contribution in [0, 0.1) is 0 Å². The number of piperidine rings is 1. The summed E-state index contributed by atoms with van der Waals surface area (Å²) < 4.78 is 11.5. The van der Waals surface area contributed by atoms with Crippen LogP contribution in [-0.2, 0) is 38.8 Å². The third kappa shape index (κ3) is 6.67. The van der Waals surface area contributed by atoms with Crippen molar-refractivity contribution in [1.82, 2.24) is 20.0 Å². The number of amides is 3. The molecule has 1 atom stereocenters. The van der Waals surface area contributed by atoms with Crippen LogP contribution >= 0.6 is 0 Å². The molecule has 2 fully saturated rings. The number of nitrogens with one attached hydrogen (secondary N) is 1. The number of aliphatic carboxylic acids is 1. The van der Waals surface area contributed by atoms with Crippen molar-refractivity contribution in [2.75, 3.05) is 45.9 Å².